The highest BCUT2D eigenvalue weighted by Gasteiger charge is 2.01. The van der Waals surface area contributed by atoms with Crippen molar-refractivity contribution in [3.63, 3.8) is 0 Å². The van der Waals surface area contributed by atoms with Gasteiger partial charge < -0.3 is 4.74 Å². The van der Waals surface area contributed by atoms with Crippen molar-refractivity contribution < 1.29 is 4.74 Å². The van der Waals surface area contributed by atoms with Crippen LogP contribution >= 0.6 is 11.6 Å². The van der Waals surface area contributed by atoms with Crippen molar-refractivity contribution in [1.29, 1.82) is 5.26 Å². The quantitative estimate of drug-likeness (QED) is 0.714. The summed E-state index contributed by atoms with van der Waals surface area (Å²) in [5, 5.41) is 9.07. The van der Waals surface area contributed by atoms with Crippen LogP contribution in [-0.4, -0.2) is 6.61 Å². The maximum atomic E-state index is 8.61. The first-order valence-corrected chi connectivity index (χ1v) is 4.59. The first-order chi connectivity index (χ1) is 6.77. The average molecular weight is 208 g/mol. The SMILES string of the molecule is CC=CCOc1ccc(C#N)cc1Cl. The fourth-order valence-electron chi connectivity index (χ4n) is 0.922. The lowest BCUT2D eigenvalue weighted by Crippen LogP contribution is -1.93. The molecule has 0 spiro atoms. The van der Waals surface area contributed by atoms with Gasteiger partial charge >= 0.3 is 0 Å². The first-order valence-electron chi connectivity index (χ1n) is 4.21. The Labute approximate surface area is 88.4 Å². The molecule has 0 atom stereocenters. The number of halogens is 1. The highest BCUT2D eigenvalue weighted by molar-refractivity contribution is 6.32. The van der Waals surface area contributed by atoms with Gasteiger partial charge in [0.1, 0.15) is 12.4 Å². The van der Waals surface area contributed by atoms with E-state index in [9.17, 15) is 0 Å². The van der Waals surface area contributed by atoms with Crippen LogP contribution in [0.25, 0.3) is 0 Å². The Morgan fingerprint density at radius 2 is 2.36 bits per heavy atom. The summed E-state index contributed by atoms with van der Waals surface area (Å²) in [6.07, 6.45) is 3.78. The third-order valence-electron chi connectivity index (χ3n) is 1.63. The van der Waals surface area contributed by atoms with E-state index < -0.39 is 0 Å². The van der Waals surface area contributed by atoms with Crippen LogP contribution < -0.4 is 4.74 Å². The lowest BCUT2D eigenvalue weighted by molar-refractivity contribution is 0.363. The minimum absolute atomic E-state index is 0.466. The molecule has 0 unspecified atom stereocenters. The van der Waals surface area contributed by atoms with E-state index in [2.05, 4.69) is 0 Å². The van der Waals surface area contributed by atoms with Crippen molar-refractivity contribution >= 4 is 11.6 Å². The Morgan fingerprint density at radius 1 is 1.57 bits per heavy atom. The van der Waals surface area contributed by atoms with Crippen LogP contribution in [0.2, 0.25) is 5.02 Å². The van der Waals surface area contributed by atoms with Gasteiger partial charge in [-0.3, -0.25) is 0 Å². The van der Waals surface area contributed by atoms with Crippen molar-refractivity contribution in [2.24, 2.45) is 0 Å². The number of nitrogens with zero attached hydrogens (tertiary/aromatic N) is 1. The summed E-state index contributed by atoms with van der Waals surface area (Å²) < 4.78 is 5.35. The summed E-state index contributed by atoms with van der Waals surface area (Å²) in [4.78, 5) is 0. The zero-order chi connectivity index (χ0) is 10.4. The van der Waals surface area contributed by atoms with Gasteiger partial charge in [0, 0.05) is 0 Å². The third kappa shape index (κ3) is 2.79. The zero-order valence-electron chi connectivity index (χ0n) is 7.83. The van der Waals surface area contributed by atoms with Crippen LogP contribution in [0.4, 0.5) is 0 Å². The van der Waals surface area contributed by atoms with Gasteiger partial charge in [0.2, 0.25) is 0 Å². The molecule has 0 radical (unpaired) electrons. The molecule has 0 saturated heterocycles. The van der Waals surface area contributed by atoms with Crippen molar-refractivity contribution in [1.82, 2.24) is 0 Å². The van der Waals surface area contributed by atoms with E-state index in [1.54, 1.807) is 18.2 Å². The number of ether oxygens (including phenoxy) is 1. The lowest BCUT2D eigenvalue weighted by atomic mass is 10.2. The molecule has 0 heterocycles. The molecule has 0 fully saturated rings. The molecule has 72 valence electrons. The summed E-state index contributed by atoms with van der Waals surface area (Å²) in [5.74, 6) is 0.601. The fraction of sp³-hybridized carbons (Fsp3) is 0.182. The summed E-state index contributed by atoms with van der Waals surface area (Å²) in [5.41, 5.74) is 0.536. The second kappa shape index (κ2) is 5.31. The molecule has 0 saturated carbocycles. The topological polar surface area (TPSA) is 33.0 Å². The van der Waals surface area contributed by atoms with Gasteiger partial charge in [-0.1, -0.05) is 23.8 Å². The van der Waals surface area contributed by atoms with E-state index >= 15 is 0 Å². The Kier molecular flexibility index (Phi) is 4.03. The Hall–Kier alpha value is -1.46. The molecule has 3 heteroatoms. The van der Waals surface area contributed by atoms with Crippen LogP contribution in [-0.2, 0) is 0 Å². The van der Waals surface area contributed by atoms with Gasteiger partial charge in [0.05, 0.1) is 16.7 Å². The number of nitriles is 1. The molecule has 0 aliphatic carbocycles. The number of hydrogen-bond acceptors (Lipinski definition) is 2. The highest BCUT2D eigenvalue weighted by atomic mass is 35.5. The minimum atomic E-state index is 0.466. The Bertz CT molecular complexity index is 379. The number of hydrogen-bond donors (Lipinski definition) is 0. The predicted molar refractivity (Wildman–Crippen MR) is 56.5 cm³/mol. The second-order valence-electron chi connectivity index (χ2n) is 2.64. The van der Waals surface area contributed by atoms with Gasteiger partial charge in [-0.05, 0) is 25.1 Å². The predicted octanol–water partition coefficient (Wildman–Crippen LogP) is 3.17. The average Bonchev–Trinajstić information content (AvgIpc) is 2.20. The number of rotatable bonds is 3. The second-order valence-corrected chi connectivity index (χ2v) is 3.04. The minimum Gasteiger partial charge on any atom is -0.488 e. The monoisotopic (exact) mass is 207 g/mol. The van der Waals surface area contributed by atoms with E-state index in [4.69, 9.17) is 21.6 Å². The van der Waals surface area contributed by atoms with E-state index in [1.165, 1.54) is 0 Å². The third-order valence-corrected chi connectivity index (χ3v) is 1.93. The van der Waals surface area contributed by atoms with E-state index in [-0.39, 0.29) is 0 Å². The van der Waals surface area contributed by atoms with E-state index in [0.29, 0.717) is 22.9 Å². The number of benzene rings is 1. The molecule has 1 aromatic carbocycles. The smallest absolute Gasteiger partial charge is 0.138 e. The molecule has 0 N–H and O–H groups in total. The summed E-state index contributed by atoms with van der Waals surface area (Å²) in [7, 11) is 0. The van der Waals surface area contributed by atoms with Crippen LogP contribution in [0.5, 0.6) is 5.75 Å². The number of allylic oxidation sites excluding steroid dienone is 1. The molecule has 14 heavy (non-hydrogen) atoms. The van der Waals surface area contributed by atoms with Crippen molar-refractivity contribution in [3.05, 3.63) is 40.9 Å². The van der Waals surface area contributed by atoms with Crippen molar-refractivity contribution in [2.45, 2.75) is 6.92 Å². The van der Waals surface area contributed by atoms with Gasteiger partial charge in [0.25, 0.3) is 0 Å². The van der Waals surface area contributed by atoms with Gasteiger partial charge in [0.15, 0.2) is 0 Å². The van der Waals surface area contributed by atoms with Crippen LogP contribution in [0.3, 0.4) is 0 Å². The maximum Gasteiger partial charge on any atom is 0.138 e. The molecule has 0 aromatic heterocycles. The van der Waals surface area contributed by atoms with E-state index in [1.807, 2.05) is 25.1 Å². The maximum absolute atomic E-state index is 8.61. The molecular weight excluding hydrogens is 198 g/mol. The largest absolute Gasteiger partial charge is 0.488 e. The molecule has 0 aliphatic heterocycles. The fourth-order valence-corrected chi connectivity index (χ4v) is 1.16. The molecular formula is C11H10ClNO. The highest BCUT2D eigenvalue weighted by Crippen LogP contribution is 2.24. The van der Waals surface area contributed by atoms with Crippen LogP contribution in [0.15, 0.2) is 30.4 Å². The van der Waals surface area contributed by atoms with Crippen molar-refractivity contribution in [2.75, 3.05) is 6.61 Å². The molecule has 0 aliphatic rings. The first kappa shape index (κ1) is 10.6. The standard InChI is InChI=1S/C11H10ClNO/c1-2-3-6-14-11-5-4-9(8-13)7-10(11)12/h2-5,7H,6H2,1H3. The molecule has 0 bridgehead atoms. The van der Waals surface area contributed by atoms with Crippen molar-refractivity contribution in [3.8, 4) is 11.8 Å². The molecule has 1 aromatic rings. The Morgan fingerprint density at radius 3 is 2.93 bits per heavy atom. The molecule has 2 nitrogen and oxygen atoms in total. The van der Waals surface area contributed by atoms with Gasteiger partial charge in [-0.2, -0.15) is 5.26 Å². The molecule has 0 amide bonds. The lowest BCUT2D eigenvalue weighted by Gasteiger charge is -2.04. The summed E-state index contributed by atoms with van der Waals surface area (Å²) >= 11 is 5.89. The van der Waals surface area contributed by atoms with Crippen LogP contribution in [0.1, 0.15) is 12.5 Å². The van der Waals surface area contributed by atoms with Gasteiger partial charge in [-0.15, -0.1) is 0 Å². The van der Waals surface area contributed by atoms with Crippen LogP contribution in [0, 0.1) is 11.3 Å². The Balaban J connectivity index is 2.75. The summed E-state index contributed by atoms with van der Waals surface area (Å²) in [6, 6.07) is 6.97. The van der Waals surface area contributed by atoms with Gasteiger partial charge in [-0.25, -0.2) is 0 Å². The zero-order valence-corrected chi connectivity index (χ0v) is 8.58. The molecule has 1 rings (SSSR count). The summed E-state index contributed by atoms with van der Waals surface area (Å²) in [6.45, 7) is 2.41. The van der Waals surface area contributed by atoms with E-state index in [0.717, 1.165) is 0 Å². The normalized spacial score (nSPS) is 10.1.